The van der Waals surface area contributed by atoms with E-state index in [-0.39, 0.29) is 26.4 Å². The van der Waals surface area contributed by atoms with E-state index in [9.17, 15) is 0 Å². The molecule has 3 heterocycles. The van der Waals surface area contributed by atoms with Crippen molar-refractivity contribution in [3.63, 3.8) is 0 Å². The van der Waals surface area contributed by atoms with E-state index in [1.54, 1.807) is 0 Å². The Morgan fingerprint density at radius 2 is 0.551 bits per heavy atom. The molecule has 0 spiro atoms. The van der Waals surface area contributed by atoms with Crippen LogP contribution in [-0.2, 0) is 72.4 Å². The van der Waals surface area contributed by atoms with Gasteiger partial charge in [-0.15, -0.1) is 0 Å². The zero-order valence-corrected chi connectivity index (χ0v) is 66.9. The molecular weight excluding hydrogens is 1180 g/mol. The lowest BCUT2D eigenvalue weighted by molar-refractivity contribution is -0.394. The summed E-state index contributed by atoms with van der Waals surface area (Å²) in [5.74, 6) is -1.72. The lowest BCUT2D eigenvalue weighted by Gasteiger charge is -2.53. The lowest BCUT2D eigenvalue weighted by atomic mass is 9.98. The van der Waals surface area contributed by atoms with Gasteiger partial charge >= 0.3 is 0 Å². The second-order valence-electron chi connectivity index (χ2n) is 32.8. The van der Waals surface area contributed by atoms with Crippen LogP contribution in [0.1, 0.15) is 0 Å². The quantitative estimate of drug-likeness (QED) is 0.0628. The fourth-order valence-corrected chi connectivity index (χ4v) is 19.3. The molecule has 0 saturated carbocycles. The van der Waals surface area contributed by atoms with E-state index >= 15 is 0 Å². The van der Waals surface area contributed by atoms with Gasteiger partial charge in [0.15, 0.2) is 104 Å². The van der Waals surface area contributed by atoms with E-state index in [0.717, 1.165) is 0 Å². The molecule has 27 heteroatoms. The maximum atomic E-state index is 7.90. The van der Waals surface area contributed by atoms with Gasteiger partial charge in [-0.25, -0.2) is 0 Å². The largest absolute Gasteiger partial charge is 0.415 e. The van der Waals surface area contributed by atoms with E-state index < -0.39 is 177 Å². The molecule has 78 heavy (non-hydrogen) atoms. The zero-order valence-electron chi connectivity index (χ0n) is 55.9. The van der Waals surface area contributed by atoms with Gasteiger partial charge in [0.1, 0.15) is 67.1 Å². The predicted molar refractivity (Wildman–Crippen MR) is 346 cm³/mol. The van der Waals surface area contributed by atoms with Crippen molar-refractivity contribution in [2.45, 2.75) is 302 Å². The molecule has 0 N–H and O–H groups in total. The summed E-state index contributed by atoms with van der Waals surface area (Å²) in [4.78, 5) is 0. The first-order valence-corrected chi connectivity index (χ1v) is 66.5. The van der Waals surface area contributed by atoms with Crippen LogP contribution < -0.4 is 0 Å². The number of hydrogen-bond acceptors (Lipinski definition) is 16. The molecule has 3 rings (SSSR count). The Hall–Kier alpha value is 1.75. The SMILES string of the molecule is C[Si](C)(C)OC[C@H]1O[C@H](O[C@]2(CO[Si](C)(C)C)O[C@H](CO[Si](C)(C)C)[C@@H](O[Si](C)(C)C)C2O[C@H]2O[C@H](CO[Si](C)(C)C)[C@@H](O[Si](C)(C)C)[C@H](O[Si](C)(C)C)[C@H]2O[Si](C)(C)C)[C@H](O[Si](C)(C)C)[C@@H](O[Si](C)(C)C)[C@@H]1O[Si](C)(C)C. The number of ether oxygens (including phenoxy) is 5. The van der Waals surface area contributed by atoms with Crippen LogP contribution in [0.25, 0.3) is 0 Å². The van der Waals surface area contributed by atoms with E-state index in [1.165, 1.54) is 0 Å². The van der Waals surface area contributed by atoms with Crippen molar-refractivity contribution in [1.82, 2.24) is 0 Å². The smallest absolute Gasteiger partial charge is 0.223 e. The van der Waals surface area contributed by atoms with Gasteiger partial charge in [-0.05, 0) is 216 Å². The molecule has 0 aromatic heterocycles. The highest BCUT2D eigenvalue weighted by Crippen LogP contribution is 2.46. The van der Waals surface area contributed by atoms with Gasteiger partial charge < -0.3 is 72.4 Å². The van der Waals surface area contributed by atoms with Gasteiger partial charge in [0.25, 0.3) is 0 Å². The van der Waals surface area contributed by atoms with E-state index in [2.05, 4.69) is 216 Å². The van der Waals surface area contributed by atoms with Gasteiger partial charge in [-0.3, -0.25) is 0 Å². The van der Waals surface area contributed by atoms with E-state index in [4.69, 9.17) is 72.4 Å². The van der Waals surface area contributed by atoms with Crippen molar-refractivity contribution >= 4 is 91.5 Å². The van der Waals surface area contributed by atoms with Crippen molar-refractivity contribution in [3.05, 3.63) is 0 Å². The summed E-state index contributed by atoms with van der Waals surface area (Å²) in [5.41, 5.74) is 0. The standard InChI is InChI=1S/C51H120O16Si11/c1-68(2,3)52-34-38-41(61-72(13,14)15)44(64-75(22,23)24)46(66-77(28,29)30)49(56-38)58-48-43(63-74(19,20)21)40(36-54-70(7,8)9)59-51(48,37-55-71(10,11)12)60-50-47(67-78(31,32)33)45(65-76(25,26)27)42(62-73(16,17)18)39(57-50)35-53-69(4,5)6/h38-50H,34-37H2,1-33H3/t38-,39-,40-,41-,42-,43-,44+,45+,46-,47-,48?,49-,50-,51+/m1/s1. The van der Waals surface area contributed by atoms with Gasteiger partial charge in [0, 0.05) is 0 Å². The first-order chi connectivity index (χ1) is 34.4. The van der Waals surface area contributed by atoms with Crippen molar-refractivity contribution in [2.24, 2.45) is 0 Å². The molecule has 1 unspecified atom stereocenters. The molecule has 0 aromatic carbocycles. The summed E-state index contributed by atoms with van der Waals surface area (Å²) in [5, 5.41) is 0. The zero-order chi connectivity index (χ0) is 60.6. The minimum absolute atomic E-state index is 0.0308. The first kappa shape index (κ1) is 74.0. The third-order valence-electron chi connectivity index (χ3n) is 11.4. The average molecular weight is 1300 g/mol. The molecule has 3 saturated heterocycles. The third kappa shape index (κ3) is 27.2. The number of rotatable bonds is 30. The molecular formula is C51H120O16Si11. The average Bonchev–Trinajstić information content (AvgIpc) is 3.42. The molecule has 3 aliphatic heterocycles. The molecule has 14 atom stereocenters. The van der Waals surface area contributed by atoms with Crippen molar-refractivity contribution in [1.29, 1.82) is 0 Å². The molecule has 0 radical (unpaired) electrons. The second kappa shape index (κ2) is 27.0. The molecule has 0 aromatic rings. The van der Waals surface area contributed by atoms with Crippen molar-refractivity contribution in [2.75, 3.05) is 26.4 Å². The molecule has 0 bridgehead atoms. The first-order valence-electron chi connectivity index (χ1n) is 29.0. The molecule has 0 amide bonds. The van der Waals surface area contributed by atoms with Crippen LogP contribution in [0.3, 0.4) is 0 Å². The second-order valence-corrected chi connectivity index (χ2v) is 82.0. The van der Waals surface area contributed by atoms with Gasteiger partial charge in [-0.1, -0.05) is 0 Å². The topological polar surface area (TPSA) is 148 Å². The Balaban J connectivity index is 2.61. The van der Waals surface area contributed by atoms with Gasteiger partial charge in [0.05, 0.1) is 26.4 Å². The normalized spacial score (nSPS) is 32.0. The van der Waals surface area contributed by atoms with Crippen LogP contribution in [0.15, 0.2) is 0 Å². The van der Waals surface area contributed by atoms with Crippen LogP contribution in [0.2, 0.25) is 216 Å². The van der Waals surface area contributed by atoms with Crippen LogP contribution in [0, 0.1) is 0 Å². The van der Waals surface area contributed by atoms with Gasteiger partial charge in [-0.2, -0.15) is 0 Å². The maximum Gasteiger partial charge on any atom is 0.223 e. The molecule has 0 aliphatic carbocycles. The molecule has 464 valence electrons. The van der Waals surface area contributed by atoms with E-state index in [0.29, 0.717) is 0 Å². The number of hydrogen-bond donors (Lipinski definition) is 0. The fourth-order valence-electron chi connectivity index (χ4n) is 9.07. The summed E-state index contributed by atoms with van der Waals surface area (Å²) in [6, 6.07) is 0. The minimum atomic E-state index is -2.46. The summed E-state index contributed by atoms with van der Waals surface area (Å²) >= 11 is 0. The Morgan fingerprint density at radius 1 is 0.282 bits per heavy atom. The minimum Gasteiger partial charge on any atom is -0.415 e. The summed E-state index contributed by atoms with van der Waals surface area (Å²) in [6.07, 6.45) is -9.44. The maximum absolute atomic E-state index is 7.90. The Kier molecular flexibility index (Phi) is 25.6. The van der Waals surface area contributed by atoms with E-state index in [1.807, 2.05) is 0 Å². The lowest BCUT2D eigenvalue weighted by Crippen LogP contribution is -2.69. The highest BCUT2D eigenvalue weighted by atomic mass is 28.4. The van der Waals surface area contributed by atoms with Crippen LogP contribution >= 0.6 is 0 Å². The Bertz CT molecular complexity index is 1840. The molecule has 3 fully saturated rings. The van der Waals surface area contributed by atoms with Crippen LogP contribution in [0.4, 0.5) is 0 Å². The predicted octanol–water partition coefficient (Wildman–Crippen LogP) is 12.9. The van der Waals surface area contributed by atoms with Crippen LogP contribution in [-0.4, -0.2) is 203 Å². The van der Waals surface area contributed by atoms with Crippen molar-refractivity contribution < 1.29 is 72.4 Å². The summed E-state index contributed by atoms with van der Waals surface area (Å²) < 4.78 is 117. The highest BCUT2D eigenvalue weighted by molar-refractivity contribution is 6.73. The summed E-state index contributed by atoms with van der Waals surface area (Å²) in [7, 11) is -25.2. The highest BCUT2D eigenvalue weighted by Gasteiger charge is 2.65. The van der Waals surface area contributed by atoms with Crippen LogP contribution in [0.5, 0.6) is 0 Å². The monoisotopic (exact) mass is 1300 g/mol. The summed E-state index contributed by atoms with van der Waals surface area (Å²) in [6.45, 7) is 73.2. The van der Waals surface area contributed by atoms with Gasteiger partial charge in [0.2, 0.25) is 5.79 Å². The van der Waals surface area contributed by atoms with Crippen molar-refractivity contribution in [3.8, 4) is 0 Å². The Morgan fingerprint density at radius 3 is 0.872 bits per heavy atom. The molecule has 16 nitrogen and oxygen atoms in total. The Labute approximate surface area is 488 Å². The fraction of sp³-hybridized carbons (Fsp3) is 1.00. The third-order valence-corrected chi connectivity index (χ3v) is 22.4. The molecule has 3 aliphatic rings.